The number of hydrogen-bond acceptors (Lipinski definition) is 2. The van der Waals surface area contributed by atoms with Crippen LogP contribution in [0.2, 0.25) is 0 Å². The zero-order valence-corrected chi connectivity index (χ0v) is 7.71. The molecule has 1 nitrogen and oxygen atoms in total. The molecular weight excluding hydrogens is 142 g/mol. The standard InChI is InChI=1S/C8H17NS/c1-9-7-5-3-4-6-8(7)10-2/h7-9H,3-6H2,1-2H3. The van der Waals surface area contributed by atoms with E-state index in [-0.39, 0.29) is 0 Å². The van der Waals surface area contributed by atoms with E-state index in [9.17, 15) is 0 Å². The number of thioether (sulfide) groups is 1. The maximum absolute atomic E-state index is 3.38. The molecule has 0 aromatic carbocycles. The van der Waals surface area contributed by atoms with Crippen molar-refractivity contribution in [3.63, 3.8) is 0 Å². The van der Waals surface area contributed by atoms with Gasteiger partial charge in [-0.05, 0) is 26.1 Å². The topological polar surface area (TPSA) is 12.0 Å². The van der Waals surface area contributed by atoms with Crippen molar-refractivity contribution in [3.05, 3.63) is 0 Å². The molecule has 10 heavy (non-hydrogen) atoms. The monoisotopic (exact) mass is 159 g/mol. The highest BCUT2D eigenvalue weighted by atomic mass is 32.2. The van der Waals surface area contributed by atoms with Crippen LogP contribution in [0.25, 0.3) is 0 Å². The molecule has 2 atom stereocenters. The van der Waals surface area contributed by atoms with Crippen molar-refractivity contribution in [3.8, 4) is 0 Å². The first-order chi connectivity index (χ1) is 4.88. The van der Waals surface area contributed by atoms with E-state index < -0.39 is 0 Å². The lowest BCUT2D eigenvalue weighted by atomic mass is 9.95. The van der Waals surface area contributed by atoms with Crippen LogP contribution in [0.5, 0.6) is 0 Å². The fraction of sp³-hybridized carbons (Fsp3) is 1.00. The molecule has 2 unspecified atom stereocenters. The van der Waals surface area contributed by atoms with Crippen LogP contribution in [-0.4, -0.2) is 24.6 Å². The van der Waals surface area contributed by atoms with Gasteiger partial charge in [0.1, 0.15) is 0 Å². The summed E-state index contributed by atoms with van der Waals surface area (Å²) in [5, 5.41) is 4.26. The van der Waals surface area contributed by atoms with Gasteiger partial charge in [0.2, 0.25) is 0 Å². The molecule has 1 N–H and O–H groups in total. The summed E-state index contributed by atoms with van der Waals surface area (Å²) in [6.45, 7) is 0. The average molecular weight is 159 g/mol. The van der Waals surface area contributed by atoms with Crippen molar-refractivity contribution in [1.82, 2.24) is 5.32 Å². The van der Waals surface area contributed by atoms with Gasteiger partial charge in [-0.2, -0.15) is 11.8 Å². The molecule has 0 aliphatic heterocycles. The van der Waals surface area contributed by atoms with E-state index >= 15 is 0 Å². The van der Waals surface area contributed by atoms with E-state index in [1.807, 2.05) is 11.8 Å². The van der Waals surface area contributed by atoms with Gasteiger partial charge in [0.15, 0.2) is 0 Å². The Morgan fingerprint density at radius 1 is 1.30 bits per heavy atom. The zero-order valence-electron chi connectivity index (χ0n) is 6.89. The first-order valence-electron chi connectivity index (χ1n) is 4.08. The third kappa shape index (κ3) is 1.89. The van der Waals surface area contributed by atoms with E-state index in [0.717, 1.165) is 11.3 Å². The zero-order chi connectivity index (χ0) is 7.40. The van der Waals surface area contributed by atoms with Gasteiger partial charge in [0.25, 0.3) is 0 Å². The van der Waals surface area contributed by atoms with Crippen LogP contribution in [0, 0.1) is 0 Å². The van der Waals surface area contributed by atoms with Crippen molar-refractivity contribution >= 4 is 11.8 Å². The summed E-state index contributed by atoms with van der Waals surface area (Å²) in [5.41, 5.74) is 0. The minimum Gasteiger partial charge on any atom is -0.316 e. The van der Waals surface area contributed by atoms with Crippen molar-refractivity contribution in [1.29, 1.82) is 0 Å². The molecule has 0 radical (unpaired) electrons. The molecule has 0 spiro atoms. The predicted molar refractivity (Wildman–Crippen MR) is 48.6 cm³/mol. The minimum absolute atomic E-state index is 0.781. The first kappa shape index (κ1) is 8.41. The molecule has 0 bridgehead atoms. The smallest absolute Gasteiger partial charge is 0.0198 e. The summed E-state index contributed by atoms with van der Waals surface area (Å²) in [6, 6.07) is 0.781. The summed E-state index contributed by atoms with van der Waals surface area (Å²) < 4.78 is 0. The molecule has 2 heteroatoms. The first-order valence-corrected chi connectivity index (χ1v) is 5.37. The Morgan fingerprint density at radius 3 is 2.50 bits per heavy atom. The lowest BCUT2D eigenvalue weighted by Crippen LogP contribution is -2.37. The predicted octanol–water partition coefficient (Wildman–Crippen LogP) is 1.88. The number of rotatable bonds is 2. The maximum atomic E-state index is 3.38. The average Bonchev–Trinajstić information content (AvgIpc) is 2.04. The second-order valence-electron chi connectivity index (χ2n) is 2.95. The summed E-state index contributed by atoms with van der Waals surface area (Å²) in [5.74, 6) is 0. The van der Waals surface area contributed by atoms with Crippen molar-refractivity contribution < 1.29 is 0 Å². The Hall–Kier alpha value is 0.310. The molecule has 60 valence electrons. The second-order valence-corrected chi connectivity index (χ2v) is 4.03. The normalized spacial score (nSPS) is 34.2. The molecule has 0 saturated heterocycles. The third-order valence-electron chi connectivity index (χ3n) is 2.38. The molecule has 0 heterocycles. The van der Waals surface area contributed by atoms with Crippen LogP contribution in [0.4, 0.5) is 0 Å². The highest BCUT2D eigenvalue weighted by molar-refractivity contribution is 7.99. The lowest BCUT2D eigenvalue weighted by Gasteiger charge is -2.29. The van der Waals surface area contributed by atoms with Crippen molar-refractivity contribution in [2.24, 2.45) is 0 Å². The van der Waals surface area contributed by atoms with Gasteiger partial charge >= 0.3 is 0 Å². The Bertz CT molecular complexity index is 83.3. The molecular formula is C8H17NS. The Morgan fingerprint density at radius 2 is 2.00 bits per heavy atom. The molecule has 1 aliphatic rings. The highest BCUT2D eigenvalue weighted by Gasteiger charge is 2.21. The molecule has 0 amide bonds. The summed E-state index contributed by atoms with van der Waals surface area (Å²) >= 11 is 2.02. The minimum atomic E-state index is 0.781. The fourth-order valence-electron chi connectivity index (χ4n) is 1.71. The highest BCUT2D eigenvalue weighted by Crippen LogP contribution is 2.26. The van der Waals surface area contributed by atoms with E-state index in [0.29, 0.717) is 0 Å². The van der Waals surface area contributed by atoms with Crippen LogP contribution >= 0.6 is 11.8 Å². The van der Waals surface area contributed by atoms with Gasteiger partial charge in [0.05, 0.1) is 0 Å². The maximum Gasteiger partial charge on any atom is 0.0198 e. The molecule has 1 saturated carbocycles. The largest absolute Gasteiger partial charge is 0.316 e. The summed E-state index contributed by atoms with van der Waals surface area (Å²) in [4.78, 5) is 0. The van der Waals surface area contributed by atoms with Gasteiger partial charge in [-0.15, -0.1) is 0 Å². The SMILES string of the molecule is CNC1CCCCC1SC. The third-order valence-corrected chi connectivity index (χ3v) is 3.55. The van der Waals surface area contributed by atoms with Crippen molar-refractivity contribution in [2.75, 3.05) is 13.3 Å². The van der Waals surface area contributed by atoms with Crippen LogP contribution < -0.4 is 5.32 Å². The Balaban J connectivity index is 2.34. The number of hydrogen-bond donors (Lipinski definition) is 1. The molecule has 1 aliphatic carbocycles. The quantitative estimate of drug-likeness (QED) is 0.660. The molecule has 1 rings (SSSR count). The van der Waals surface area contributed by atoms with Gasteiger partial charge in [0, 0.05) is 11.3 Å². The molecule has 0 aromatic rings. The van der Waals surface area contributed by atoms with Gasteiger partial charge in [-0.25, -0.2) is 0 Å². The van der Waals surface area contributed by atoms with Crippen LogP contribution in [-0.2, 0) is 0 Å². The Labute approximate surface area is 68.0 Å². The fourth-order valence-corrected chi connectivity index (χ4v) is 2.71. The van der Waals surface area contributed by atoms with Crippen molar-refractivity contribution in [2.45, 2.75) is 37.0 Å². The lowest BCUT2D eigenvalue weighted by molar-refractivity contribution is 0.406. The van der Waals surface area contributed by atoms with E-state index in [2.05, 4.69) is 18.6 Å². The molecule has 1 fully saturated rings. The van der Waals surface area contributed by atoms with E-state index in [1.165, 1.54) is 25.7 Å². The van der Waals surface area contributed by atoms with Crippen LogP contribution in [0.1, 0.15) is 25.7 Å². The summed E-state index contributed by atoms with van der Waals surface area (Å²) in [7, 11) is 2.08. The van der Waals surface area contributed by atoms with Crippen LogP contribution in [0.3, 0.4) is 0 Å². The van der Waals surface area contributed by atoms with E-state index in [4.69, 9.17) is 0 Å². The van der Waals surface area contributed by atoms with Gasteiger partial charge in [-0.3, -0.25) is 0 Å². The second kappa shape index (κ2) is 4.24. The summed E-state index contributed by atoms with van der Waals surface area (Å²) in [6.07, 6.45) is 7.86. The number of nitrogens with one attached hydrogen (secondary N) is 1. The van der Waals surface area contributed by atoms with E-state index in [1.54, 1.807) is 0 Å². The Kier molecular flexibility index (Phi) is 3.57. The van der Waals surface area contributed by atoms with Gasteiger partial charge in [-0.1, -0.05) is 12.8 Å². The molecule has 0 aromatic heterocycles. The van der Waals surface area contributed by atoms with Crippen LogP contribution in [0.15, 0.2) is 0 Å². The van der Waals surface area contributed by atoms with Gasteiger partial charge < -0.3 is 5.32 Å².